The van der Waals surface area contributed by atoms with E-state index in [1.165, 1.54) is 11.1 Å². The van der Waals surface area contributed by atoms with Crippen molar-refractivity contribution in [1.82, 2.24) is 16.0 Å². The maximum Gasteiger partial charge on any atom is 0.225 e. The molecule has 5 nitrogen and oxygen atoms in total. The highest BCUT2D eigenvalue weighted by Crippen LogP contribution is 2.40. The molecule has 4 atom stereocenters. The van der Waals surface area contributed by atoms with Crippen LogP contribution >= 0.6 is 0 Å². The Morgan fingerprint density at radius 2 is 1.54 bits per heavy atom. The van der Waals surface area contributed by atoms with E-state index in [1.807, 2.05) is 36.4 Å². The number of carbonyl (C=O) groups is 2. The Morgan fingerprint density at radius 1 is 0.893 bits per heavy atom. The Hall–Kier alpha value is -2.66. The first-order chi connectivity index (χ1) is 13.7. The van der Waals surface area contributed by atoms with E-state index in [0.29, 0.717) is 25.6 Å². The quantitative estimate of drug-likeness (QED) is 0.690. The first-order valence-electron chi connectivity index (χ1n) is 10.1. The van der Waals surface area contributed by atoms with E-state index < -0.39 is 0 Å². The fourth-order valence-corrected chi connectivity index (χ4v) is 4.05. The Bertz CT molecular complexity index is 809. The monoisotopic (exact) mass is 377 g/mol. The van der Waals surface area contributed by atoms with Gasteiger partial charge in [-0.25, -0.2) is 0 Å². The van der Waals surface area contributed by atoms with Gasteiger partial charge in [0.25, 0.3) is 0 Å². The summed E-state index contributed by atoms with van der Waals surface area (Å²) in [6.45, 7) is 1.71. The van der Waals surface area contributed by atoms with E-state index in [-0.39, 0.29) is 29.7 Å². The molecule has 2 amide bonds. The number of hydrogen-bond donors (Lipinski definition) is 3. The highest BCUT2D eigenvalue weighted by Gasteiger charge is 2.43. The van der Waals surface area contributed by atoms with Crippen LogP contribution in [0.5, 0.6) is 0 Å². The van der Waals surface area contributed by atoms with Crippen LogP contribution < -0.4 is 16.0 Å². The highest BCUT2D eigenvalue weighted by molar-refractivity contribution is 5.89. The molecule has 1 aliphatic heterocycles. The van der Waals surface area contributed by atoms with Gasteiger partial charge in [0.2, 0.25) is 11.8 Å². The van der Waals surface area contributed by atoms with Crippen molar-refractivity contribution < 1.29 is 9.59 Å². The van der Waals surface area contributed by atoms with Gasteiger partial charge < -0.3 is 16.0 Å². The van der Waals surface area contributed by atoms with E-state index in [2.05, 4.69) is 40.2 Å². The fourth-order valence-electron chi connectivity index (χ4n) is 4.05. The average Bonchev–Trinajstić information content (AvgIpc) is 3.31. The van der Waals surface area contributed by atoms with E-state index in [0.717, 1.165) is 12.8 Å². The molecule has 2 fully saturated rings. The average molecular weight is 377 g/mol. The standard InChI is InChI=1S/C23H27N3O2/c27-22(25-12-11-16-7-3-1-4-8-16)19-14-24-15-20(19)23(28)26-21-13-18(21)17-9-5-2-6-10-17/h1-10,18-21,24H,11-15H2,(H,25,27)(H,26,28)/t18-,19-,20-,21+/m1/s1. The van der Waals surface area contributed by atoms with Crippen molar-refractivity contribution in [3.8, 4) is 0 Å². The van der Waals surface area contributed by atoms with E-state index in [9.17, 15) is 9.59 Å². The van der Waals surface area contributed by atoms with Gasteiger partial charge in [-0.2, -0.15) is 0 Å². The SMILES string of the molecule is O=C(NCCc1ccccc1)[C@@H]1CNC[C@H]1C(=O)N[C@H]1C[C@@H]1c1ccccc1. The van der Waals surface area contributed by atoms with E-state index in [4.69, 9.17) is 0 Å². The van der Waals surface area contributed by atoms with Gasteiger partial charge in [-0.15, -0.1) is 0 Å². The zero-order valence-electron chi connectivity index (χ0n) is 15.9. The molecule has 0 aromatic heterocycles. The molecule has 146 valence electrons. The fraction of sp³-hybridized carbons (Fsp3) is 0.391. The molecule has 28 heavy (non-hydrogen) atoms. The molecule has 1 saturated heterocycles. The molecular weight excluding hydrogens is 350 g/mol. The van der Waals surface area contributed by atoms with Gasteiger partial charge in [0.05, 0.1) is 11.8 Å². The van der Waals surface area contributed by atoms with Crippen molar-refractivity contribution in [2.45, 2.75) is 24.8 Å². The Morgan fingerprint density at radius 3 is 2.25 bits per heavy atom. The molecule has 4 rings (SSSR count). The van der Waals surface area contributed by atoms with Crippen LogP contribution in [0.3, 0.4) is 0 Å². The first-order valence-corrected chi connectivity index (χ1v) is 10.1. The topological polar surface area (TPSA) is 70.2 Å². The third-order valence-electron chi connectivity index (χ3n) is 5.79. The van der Waals surface area contributed by atoms with Crippen LogP contribution in [0.4, 0.5) is 0 Å². The molecule has 5 heteroatoms. The van der Waals surface area contributed by atoms with E-state index in [1.54, 1.807) is 0 Å². The van der Waals surface area contributed by atoms with Crippen LogP contribution in [0, 0.1) is 11.8 Å². The highest BCUT2D eigenvalue weighted by atomic mass is 16.2. The number of nitrogens with one attached hydrogen (secondary N) is 3. The van der Waals surface area contributed by atoms with Crippen LogP contribution in [0.15, 0.2) is 60.7 Å². The summed E-state index contributed by atoms with van der Waals surface area (Å²) in [6.07, 6.45) is 1.77. The molecule has 2 aromatic carbocycles. The summed E-state index contributed by atoms with van der Waals surface area (Å²) in [5.41, 5.74) is 2.47. The van der Waals surface area contributed by atoms with Crippen molar-refractivity contribution in [3.05, 3.63) is 71.8 Å². The van der Waals surface area contributed by atoms with Gasteiger partial charge in [-0.3, -0.25) is 9.59 Å². The Kier molecular flexibility index (Phi) is 5.72. The molecule has 0 spiro atoms. The normalized spacial score (nSPS) is 25.9. The molecule has 0 unspecified atom stereocenters. The maximum absolute atomic E-state index is 12.8. The van der Waals surface area contributed by atoms with Crippen molar-refractivity contribution in [2.75, 3.05) is 19.6 Å². The first kappa shape index (κ1) is 18.7. The van der Waals surface area contributed by atoms with Crippen LogP contribution in [0.25, 0.3) is 0 Å². The summed E-state index contributed by atoms with van der Waals surface area (Å²) >= 11 is 0. The summed E-state index contributed by atoms with van der Waals surface area (Å²) in [4.78, 5) is 25.4. The summed E-state index contributed by atoms with van der Waals surface area (Å²) in [6, 6.07) is 20.6. The lowest BCUT2D eigenvalue weighted by atomic mass is 9.94. The molecule has 1 heterocycles. The van der Waals surface area contributed by atoms with Crippen LogP contribution in [-0.2, 0) is 16.0 Å². The van der Waals surface area contributed by atoms with Crippen LogP contribution in [-0.4, -0.2) is 37.5 Å². The lowest BCUT2D eigenvalue weighted by molar-refractivity contribution is -0.133. The predicted molar refractivity (Wildman–Crippen MR) is 109 cm³/mol. The molecule has 0 bridgehead atoms. The number of rotatable bonds is 7. The van der Waals surface area contributed by atoms with Crippen molar-refractivity contribution in [2.24, 2.45) is 11.8 Å². The van der Waals surface area contributed by atoms with Crippen molar-refractivity contribution >= 4 is 11.8 Å². The number of amides is 2. The summed E-state index contributed by atoms with van der Waals surface area (Å²) in [5, 5.41) is 9.36. The summed E-state index contributed by atoms with van der Waals surface area (Å²) < 4.78 is 0. The maximum atomic E-state index is 12.8. The number of carbonyl (C=O) groups excluding carboxylic acids is 2. The largest absolute Gasteiger partial charge is 0.355 e. The lowest BCUT2D eigenvalue weighted by Gasteiger charge is -2.18. The molecule has 2 aromatic rings. The van der Waals surface area contributed by atoms with Gasteiger partial charge in [0.15, 0.2) is 0 Å². The van der Waals surface area contributed by atoms with Gasteiger partial charge in [-0.1, -0.05) is 60.7 Å². The zero-order chi connectivity index (χ0) is 19.3. The molecule has 1 aliphatic carbocycles. The lowest BCUT2D eigenvalue weighted by Crippen LogP contribution is -2.42. The van der Waals surface area contributed by atoms with Gasteiger partial charge in [-0.05, 0) is 24.0 Å². The third kappa shape index (κ3) is 4.42. The minimum atomic E-state index is -0.301. The van der Waals surface area contributed by atoms with E-state index >= 15 is 0 Å². The molecule has 1 saturated carbocycles. The number of hydrogen-bond acceptors (Lipinski definition) is 3. The number of benzene rings is 2. The summed E-state index contributed by atoms with van der Waals surface area (Å²) in [7, 11) is 0. The van der Waals surface area contributed by atoms with Crippen molar-refractivity contribution in [3.63, 3.8) is 0 Å². The molecular formula is C23H27N3O2. The van der Waals surface area contributed by atoms with Gasteiger partial charge >= 0.3 is 0 Å². The molecule has 0 radical (unpaired) electrons. The second kappa shape index (κ2) is 8.57. The Labute approximate surface area is 165 Å². The van der Waals surface area contributed by atoms with Crippen molar-refractivity contribution in [1.29, 1.82) is 0 Å². The smallest absolute Gasteiger partial charge is 0.225 e. The molecule has 2 aliphatic rings. The third-order valence-corrected chi connectivity index (χ3v) is 5.79. The Balaban J connectivity index is 1.26. The minimum absolute atomic E-state index is 0.00311. The summed E-state index contributed by atoms with van der Waals surface area (Å²) in [5.74, 6) is -0.232. The zero-order valence-corrected chi connectivity index (χ0v) is 15.9. The van der Waals surface area contributed by atoms with Crippen LogP contribution in [0.1, 0.15) is 23.5 Å². The second-order valence-electron chi connectivity index (χ2n) is 7.77. The minimum Gasteiger partial charge on any atom is -0.355 e. The second-order valence-corrected chi connectivity index (χ2v) is 7.77. The van der Waals surface area contributed by atoms with Crippen LogP contribution in [0.2, 0.25) is 0 Å². The van der Waals surface area contributed by atoms with Gasteiger partial charge in [0, 0.05) is 31.6 Å². The molecule has 3 N–H and O–H groups in total. The van der Waals surface area contributed by atoms with Gasteiger partial charge in [0.1, 0.15) is 0 Å². The predicted octanol–water partition coefficient (Wildman–Crippen LogP) is 1.85.